The van der Waals surface area contributed by atoms with Gasteiger partial charge in [-0.15, -0.1) is 0 Å². The van der Waals surface area contributed by atoms with E-state index >= 15 is 0 Å². The van der Waals surface area contributed by atoms with E-state index in [1.165, 1.54) is 6.42 Å². The van der Waals surface area contributed by atoms with E-state index in [1.54, 1.807) is 6.07 Å². The van der Waals surface area contributed by atoms with Crippen LogP contribution in [-0.2, 0) is 6.42 Å². The molecule has 2 rings (SSSR count). The molecular weight excluding hydrogens is 252 g/mol. The average Bonchev–Trinajstić information content (AvgIpc) is 2.43. The van der Waals surface area contributed by atoms with Crippen LogP contribution in [0.15, 0.2) is 10.9 Å². The molecule has 110 valence electrons. The van der Waals surface area contributed by atoms with Crippen molar-refractivity contribution in [2.45, 2.75) is 64.8 Å². The second-order valence-electron chi connectivity index (χ2n) is 5.72. The van der Waals surface area contributed by atoms with Crippen molar-refractivity contribution in [1.29, 1.82) is 0 Å². The minimum absolute atomic E-state index is 0.226. The molecule has 2 N–H and O–H groups in total. The quantitative estimate of drug-likeness (QED) is 0.888. The number of aromatic amines is 1. The number of pyridine rings is 1. The Hall–Kier alpha value is -1.58. The number of rotatable bonds is 4. The maximum Gasteiger partial charge on any atom is 0.261 e. The first-order valence-electron chi connectivity index (χ1n) is 7.65. The van der Waals surface area contributed by atoms with Crippen molar-refractivity contribution >= 4 is 5.91 Å². The van der Waals surface area contributed by atoms with Crippen molar-refractivity contribution in [2.24, 2.45) is 0 Å². The van der Waals surface area contributed by atoms with Crippen LogP contribution in [0.2, 0.25) is 0 Å². The second-order valence-corrected chi connectivity index (χ2v) is 5.72. The lowest BCUT2D eigenvalue weighted by Gasteiger charge is -2.22. The van der Waals surface area contributed by atoms with E-state index in [4.69, 9.17) is 0 Å². The molecule has 4 heteroatoms. The van der Waals surface area contributed by atoms with Crippen LogP contribution in [0.5, 0.6) is 0 Å². The van der Waals surface area contributed by atoms with E-state index in [0.717, 1.165) is 49.8 Å². The molecule has 1 aromatic rings. The van der Waals surface area contributed by atoms with Gasteiger partial charge in [-0.05, 0) is 37.8 Å². The maximum atomic E-state index is 12.3. The summed E-state index contributed by atoms with van der Waals surface area (Å²) in [7, 11) is 0. The second kappa shape index (κ2) is 6.73. The third-order valence-corrected chi connectivity index (χ3v) is 4.05. The molecule has 0 aromatic carbocycles. The van der Waals surface area contributed by atoms with Gasteiger partial charge in [0.1, 0.15) is 5.56 Å². The number of carbonyl (C=O) groups excluding carboxylic acids is 1. The molecule has 0 radical (unpaired) electrons. The van der Waals surface area contributed by atoms with Gasteiger partial charge in [-0.3, -0.25) is 9.59 Å². The van der Waals surface area contributed by atoms with Crippen molar-refractivity contribution < 1.29 is 4.79 Å². The maximum absolute atomic E-state index is 12.3. The lowest BCUT2D eigenvalue weighted by atomic mass is 9.95. The van der Waals surface area contributed by atoms with Crippen molar-refractivity contribution in [3.8, 4) is 0 Å². The van der Waals surface area contributed by atoms with E-state index in [2.05, 4.69) is 17.2 Å². The molecule has 0 bridgehead atoms. The number of aromatic nitrogens is 1. The minimum Gasteiger partial charge on any atom is -0.349 e. The van der Waals surface area contributed by atoms with Crippen LogP contribution in [-0.4, -0.2) is 16.9 Å². The number of H-pyrrole nitrogens is 1. The summed E-state index contributed by atoms with van der Waals surface area (Å²) < 4.78 is 0. The van der Waals surface area contributed by atoms with E-state index in [-0.39, 0.29) is 23.1 Å². The molecule has 0 spiro atoms. The van der Waals surface area contributed by atoms with E-state index < -0.39 is 0 Å². The van der Waals surface area contributed by atoms with Crippen LogP contribution in [0.4, 0.5) is 0 Å². The number of hydrogen-bond donors (Lipinski definition) is 2. The molecular formula is C16H24N2O2. The zero-order chi connectivity index (χ0) is 14.5. The zero-order valence-electron chi connectivity index (χ0n) is 12.4. The van der Waals surface area contributed by atoms with Crippen LogP contribution < -0.4 is 10.9 Å². The lowest BCUT2D eigenvalue weighted by Crippen LogP contribution is -2.38. The molecule has 0 aliphatic heterocycles. The standard InChI is InChI=1S/C16H24N2O2/c1-3-7-12-10-14(15(19)17-11(12)2)16(20)18-13-8-5-4-6-9-13/h10,13H,3-9H2,1-2H3,(H,17,19)(H,18,20). The molecule has 1 amide bonds. The Morgan fingerprint density at radius 2 is 2.05 bits per heavy atom. The summed E-state index contributed by atoms with van der Waals surface area (Å²) in [4.78, 5) is 27.0. The highest BCUT2D eigenvalue weighted by Gasteiger charge is 2.19. The largest absolute Gasteiger partial charge is 0.349 e. The van der Waals surface area contributed by atoms with Gasteiger partial charge in [-0.2, -0.15) is 0 Å². The van der Waals surface area contributed by atoms with Crippen LogP contribution in [0.3, 0.4) is 0 Å². The van der Waals surface area contributed by atoms with Gasteiger partial charge in [0.15, 0.2) is 0 Å². The fourth-order valence-electron chi connectivity index (χ4n) is 2.87. The molecule has 4 nitrogen and oxygen atoms in total. The SMILES string of the molecule is CCCc1cc(C(=O)NC2CCCCC2)c(=O)[nH]c1C. The van der Waals surface area contributed by atoms with Crippen LogP contribution in [0.25, 0.3) is 0 Å². The monoisotopic (exact) mass is 276 g/mol. The summed E-state index contributed by atoms with van der Waals surface area (Å²) >= 11 is 0. The predicted octanol–water partition coefficient (Wildman–Crippen LogP) is 2.70. The number of aryl methyl sites for hydroxylation is 2. The van der Waals surface area contributed by atoms with Gasteiger partial charge < -0.3 is 10.3 Å². The number of amides is 1. The Kier molecular flexibility index (Phi) is 4.99. The van der Waals surface area contributed by atoms with Gasteiger partial charge in [0.25, 0.3) is 11.5 Å². The van der Waals surface area contributed by atoms with Crippen molar-refractivity contribution in [3.63, 3.8) is 0 Å². The summed E-state index contributed by atoms with van der Waals surface area (Å²) in [5.41, 5.74) is 1.90. The Labute approximate surface area is 120 Å². The Balaban J connectivity index is 2.15. The summed E-state index contributed by atoms with van der Waals surface area (Å²) in [6, 6.07) is 1.99. The number of nitrogens with one attached hydrogen (secondary N) is 2. The van der Waals surface area contributed by atoms with Crippen LogP contribution >= 0.6 is 0 Å². The number of carbonyl (C=O) groups is 1. The molecule has 0 atom stereocenters. The Morgan fingerprint density at radius 1 is 1.35 bits per heavy atom. The molecule has 0 saturated heterocycles. The Bertz CT molecular complexity index is 528. The molecule has 1 heterocycles. The molecule has 1 aromatic heterocycles. The first-order valence-corrected chi connectivity index (χ1v) is 7.65. The van der Waals surface area contributed by atoms with Gasteiger partial charge >= 0.3 is 0 Å². The fraction of sp³-hybridized carbons (Fsp3) is 0.625. The van der Waals surface area contributed by atoms with Crippen LogP contribution in [0, 0.1) is 6.92 Å². The first-order chi connectivity index (χ1) is 9.61. The predicted molar refractivity (Wildman–Crippen MR) is 80.1 cm³/mol. The van der Waals surface area contributed by atoms with Gasteiger partial charge in [0, 0.05) is 11.7 Å². The van der Waals surface area contributed by atoms with Gasteiger partial charge in [0.05, 0.1) is 0 Å². The lowest BCUT2D eigenvalue weighted by molar-refractivity contribution is 0.0926. The summed E-state index contributed by atoms with van der Waals surface area (Å²) in [5, 5.41) is 3.01. The van der Waals surface area contributed by atoms with E-state index in [9.17, 15) is 9.59 Å². The summed E-state index contributed by atoms with van der Waals surface area (Å²) in [6.45, 7) is 3.97. The van der Waals surface area contributed by atoms with E-state index in [0.29, 0.717) is 0 Å². The molecule has 20 heavy (non-hydrogen) atoms. The smallest absolute Gasteiger partial charge is 0.261 e. The normalized spacial score (nSPS) is 16.1. The van der Waals surface area contributed by atoms with Gasteiger partial charge in [-0.25, -0.2) is 0 Å². The van der Waals surface area contributed by atoms with Crippen molar-refractivity contribution in [2.75, 3.05) is 0 Å². The van der Waals surface area contributed by atoms with Gasteiger partial charge in [0.2, 0.25) is 0 Å². The minimum atomic E-state index is -0.282. The topological polar surface area (TPSA) is 62.0 Å². The highest BCUT2D eigenvalue weighted by molar-refractivity contribution is 5.94. The highest BCUT2D eigenvalue weighted by atomic mass is 16.2. The summed E-state index contributed by atoms with van der Waals surface area (Å²) in [6.07, 6.45) is 7.50. The third kappa shape index (κ3) is 3.50. The number of hydrogen-bond acceptors (Lipinski definition) is 2. The fourth-order valence-corrected chi connectivity index (χ4v) is 2.87. The zero-order valence-corrected chi connectivity index (χ0v) is 12.4. The first kappa shape index (κ1) is 14.8. The molecule has 1 aliphatic rings. The average molecular weight is 276 g/mol. The third-order valence-electron chi connectivity index (χ3n) is 4.05. The van der Waals surface area contributed by atoms with Crippen molar-refractivity contribution in [3.05, 3.63) is 33.2 Å². The molecule has 1 fully saturated rings. The molecule has 0 unspecified atom stereocenters. The molecule has 1 saturated carbocycles. The molecule has 1 aliphatic carbocycles. The van der Waals surface area contributed by atoms with Gasteiger partial charge in [-0.1, -0.05) is 32.6 Å². The van der Waals surface area contributed by atoms with E-state index in [1.807, 2.05) is 6.92 Å². The Morgan fingerprint density at radius 3 is 2.70 bits per heavy atom. The highest BCUT2D eigenvalue weighted by Crippen LogP contribution is 2.17. The summed E-state index contributed by atoms with van der Waals surface area (Å²) in [5.74, 6) is -0.226. The van der Waals surface area contributed by atoms with Crippen molar-refractivity contribution in [1.82, 2.24) is 10.3 Å². The van der Waals surface area contributed by atoms with Crippen LogP contribution in [0.1, 0.15) is 67.1 Å².